The lowest BCUT2D eigenvalue weighted by molar-refractivity contribution is -0.143. The van der Waals surface area contributed by atoms with Gasteiger partial charge < -0.3 is 15.0 Å². The van der Waals surface area contributed by atoms with Crippen LogP contribution in [0.25, 0.3) is 0 Å². The van der Waals surface area contributed by atoms with Crippen molar-refractivity contribution in [3.8, 4) is 0 Å². The molecule has 94 valence electrons. The molecule has 1 aliphatic rings. The maximum absolute atomic E-state index is 11.5. The number of esters is 1. The maximum Gasteiger partial charge on any atom is 0.324 e. The molecule has 0 aromatic carbocycles. The topological polar surface area (TPSA) is 44.8 Å². The van der Waals surface area contributed by atoms with E-state index in [9.17, 15) is 4.79 Å². The summed E-state index contributed by atoms with van der Waals surface area (Å²) in [7, 11) is 3.57. The number of carbonyl (C=O) groups excluding carboxylic acids is 1. The van der Waals surface area contributed by atoms with E-state index in [-0.39, 0.29) is 12.0 Å². The van der Waals surface area contributed by atoms with Crippen LogP contribution in [-0.4, -0.2) is 75.2 Å². The Morgan fingerprint density at radius 2 is 2.00 bits per heavy atom. The lowest BCUT2D eigenvalue weighted by atomic mass is 10.2. The normalized spacial score (nSPS) is 20.7. The minimum Gasteiger partial charge on any atom is -0.468 e. The molecule has 1 N–H and O–H groups in total. The molecule has 0 radical (unpaired) electrons. The number of hydrogen-bond donors (Lipinski definition) is 1. The molecule has 0 bridgehead atoms. The number of ether oxygens (including phenoxy) is 1. The minimum absolute atomic E-state index is 0.166. The molecule has 0 aliphatic carbocycles. The highest BCUT2D eigenvalue weighted by Gasteiger charge is 2.23. The molecule has 1 unspecified atom stereocenters. The second-order valence-electron chi connectivity index (χ2n) is 4.24. The van der Waals surface area contributed by atoms with Crippen LogP contribution in [-0.2, 0) is 9.53 Å². The zero-order valence-electron chi connectivity index (χ0n) is 10.5. The van der Waals surface area contributed by atoms with Gasteiger partial charge in [-0.2, -0.15) is 0 Å². The molecule has 0 saturated carbocycles. The average molecular weight is 229 g/mol. The van der Waals surface area contributed by atoms with Crippen molar-refractivity contribution < 1.29 is 9.53 Å². The van der Waals surface area contributed by atoms with E-state index in [1.165, 1.54) is 7.11 Å². The SMILES string of the molecule is CCNC(CN1CCN(C)CC1)C(=O)OC. The molecule has 1 rings (SSSR count). The van der Waals surface area contributed by atoms with E-state index in [1.807, 2.05) is 6.92 Å². The van der Waals surface area contributed by atoms with E-state index >= 15 is 0 Å². The van der Waals surface area contributed by atoms with E-state index < -0.39 is 0 Å². The molecule has 0 spiro atoms. The van der Waals surface area contributed by atoms with Crippen molar-refractivity contribution in [2.24, 2.45) is 0 Å². The van der Waals surface area contributed by atoms with Crippen LogP contribution < -0.4 is 5.32 Å². The predicted octanol–water partition coefficient (Wildman–Crippen LogP) is -0.615. The summed E-state index contributed by atoms with van der Waals surface area (Å²) in [6.45, 7) is 7.71. The Balaban J connectivity index is 2.39. The zero-order valence-corrected chi connectivity index (χ0v) is 10.5. The summed E-state index contributed by atoms with van der Waals surface area (Å²) < 4.78 is 4.79. The fourth-order valence-corrected chi connectivity index (χ4v) is 1.90. The van der Waals surface area contributed by atoms with Crippen LogP contribution in [0, 0.1) is 0 Å². The number of likely N-dealkylation sites (N-methyl/N-ethyl adjacent to an activating group) is 2. The first-order chi connectivity index (χ1) is 7.67. The number of nitrogens with zero attached hydrogens (tertiary/aromatic N) is 2. The van der Waals surface area contributed by atoms with E-state index in [2.05, 4.69) is 22.2 Å². The monoisotopic (exact) mass is 229 g/mol. The summed E-state index contributed by atoms with van der Waals surface area (Å²) in [5, 5.41) is 3.16. The van der Waals surface area contributed by atoms with Crippen LogP contribution >= 0.6 is 0 Å². The molecule has 1 heterocycles. The van der Waals surface area contributed by atoms with Crippen LogP contribution in [0.1, 0.15) is 6.92 Å². The molecule has 1 aliphatic heterocycles. The molecule has 0 aromatic heterocycles. The fourth-order valence-electron chi connectivity index (χ4n) is 1.90. The number of piperazine rings is 1. The third-order valence-electron chi connectivity index (χ3n) is 2.97. The third kappa shape index (κ3) is 4.08. The van der Waals surface area contributed by atoms with Gasteiger partial charge in [-0.25, -0.2) is 0 Å². The molecule has 1 saturated heterocycles. The molecular formula is C11H23N3O2. The van der Waals surface area contributed by atoms with Crippen molar-refractivity contribution in [3.63, 3.8) is 0 Å². The Labute approximate surface area is 97.7 Å². The van der Waals surface area contributed by atoms with Gasteiger partial charge in [-0.15, -0.1) is 0 Å². The molecule has 1 atom stereocenters. The number of carbonyl (C=O) groups is 1. The van der Waals surface area contributed by atoms with Gasteiger partial charge in [0.25, 0.3) is 0 Å². The number of methoxy groups -OCH3 is 1. The molecule has 0 amide bonds. The molecular weight excluding hydrogens is 206 g/mol. The Morgan fingerprint density at radius 1 is 1.38 bits per heavy atom. The van der Waals surface area contributed by atoms with E-state index in [0.717, 1.165) is 39.3 Å². The van der Waals surface area contributed by atoms with Crippen molar-refractivity contribution in [2.75, 3.05) is 53.4 Å². The molecule has 5 nitrogen and oxygen atoms in total. The van der Waals surface area contributed by atoms with Crippen molar-refractivity contribution >= 4 is 5.97 Å². The highest BCUT2D eigenvalue weighted by atomic mass is 16.5. The van der Waals surface area contributed by atoms with E-state index in [4.69, 9.17) is 4.74 Å². The lowest BCUT2D eigenvalue weighted by Gasteiger charge is -2.34. The van der Waals surface area contributed by atoms with Crippen molar-refractivity contribution in [2.45, 2.75) is 13.0 Å². The van der Waals surface area contributed by atoms with Crippen molar-refractivity contribution in [3.05, 3.63) is 0 Å². The van der Waals surface area contributed by atoms with Crippen LogP contribution in [0.15, 0.2) is 0 Å². The summed E-state index contributed by atoms with van der Waals surface area (Å²) in [6.07, 6.45) is 0. The quantitative estimate of drug-likeness (QED) is 0.637. The van der Waals surface area contributed by atoms with Crippen molar-refractivity contribution in [1.29, 1.82) is 0 Å². The van der Waals surface area contributed by atoms with Gasteiger partial charge in [0.15, 0.2) is 0 Å². The number of nitrogens with one attached hydrogen (secondary N) is 1. The standard InChI is InChI=1S/C11H23N3O2/c1-4-12-10(11(15)16-3)9-14-7-5-13(2)6-8-14/h10,12H,4-9H2,1-3H3. The van der Waals surface area contributed by atoms with Gasteiger partial charge in [-0.05, 0) is 13.6 Å². The zero-order chi connectivity index (χ0) is 12.0. The second-order valence-corrected chi connectivity index (χ2v) is 4.24. The van der Waals surface area contributed by atoms with Gasteiger partial charge in [0.1, 0.15) is 6.04 Å². The first-order valence-electron chi connectivity index (χ1n) is 5.89. The Hall–Kier alpha value is -0.650. The highest BCUT2D eigenvalue weighted by molar-refractivity contribution is 5.75. The lowest BCUT2D eigenvalue weighted by Crippen LogP contribution is -2.52. The maximum atomic E-state index is 11.5. The van der Waals surface area contributed by atoms with Crippen LogP contribution in [0.5, 0.6) is 0 Å². The summed E-state index contributed by atoms with van der Waals surface area (Å²) in [6, 6.07) is -0.196. The van der Waals surface area contributed by atoms with E-state index in [1.54, 1.807) is 0 Å². The highest BCUT2D eigenvalue weighted by Crippen LogP contribution is 2.01. The Morgan fingerprint density at radius 3 is 2.50 bits per heavy atom. The minimum atomic E-state index is -0.196. The molecule has 1 fully saturated rings. The van der Waals surface area contributed by atoms with Crippen LogP contribution in [0.4, 0.5) is 0 Å². The molecule has 16 heavy (non-hydrogen) atoms. The van der Waals surface area contributed by atoms with Gasteiger partial charge >= 0.3 is 5.97 Å². The first-order valence-corrected chi connectivity index (χ1v) is 5.89. The average Bonchev–Trinajstić information content (AvgIpc) is 2.30. The van der Waals surface area contributed by atoms with Gasteiger partial charge in [-0.1, -0.05) is 6.92 Å². The molecule has 5 heteroatoms. The first kappa shape index (κ1) is 13.4. The predicted molar refractivity (Wildman–Crippen MR) is 63.4 cm³/mol. The van der Waals surface area contributed by atoms with Gasteiger partial charge in [-0.3, -0.25) is 9.69 Å². The van der Waals surface area contributed by atoms with E-state index in [0.29, 0.717) is 0 Å². The second kappa shape index (κ2) is 6.83. The fraction of sp³-hybridized carbons (Fsp3) is 0.909. The van der Waals surface area contributed by atoms with Gasteiger partial charge in [0, 0.05) is 32.7 Å². The summed E-state index contributed by atoms with van der Waals surface area (Å²) in [4.78, 5) is 16.1. The van der Waals surface area contributed by atoms with Crippen molar-refractivity contribution in [1.82, 2.24) is 15.1 Å². The summed E-state index contributed by atoms with van der Waals surface area (Å²) in [5.74, 6) is -0.166. The van der Waals surface area contributed by atoms with Crippen LogP contribution in [0.3, 0.4) is 0 Å². The number of rotatable bonds is 5. The molecule has 0 aromatic rings. The Bertz CT molecular complexity index is 215. The van der Waals surface area contributed by atoms with Crippen LogP contribution in [0.2, 0.25) is 0 Å². The Kier molecular flexibility index (Phi) is 5.73. The smallest absolute Gasteiger partial charge is 0.324 e. The third-order valence-corrected chi connectivity index (χ3v) is 2.97. The summed E-state index contributed by atoms with van der Waals surface area (Å²) in [5.41, 5.74) is 0. The van der Waals surface area contributed by atoms with Gasteiger partial charge in [0.2, 0.25) is 0 Å². The largest absolute Gasteiger partial charge is 0.468 e. The summed E-state index contributed by atoms with van der Waals surface area (Å²) >= 11 is 0. The number of hydrogen-bond acceptors (Lipinski definition) is 5. The van der Waals surface area contributed by atoms with Gasteiger partial charge in [0.05, 0.1) is 7.11 Å².